The molecule has 1 aromatic heterocycles. The molecule has 0 bridgehead atoms. The van der Waals surface area contributed by atoms with Crippen molar-refractivity contribution in [1.29, 1.82) is 0 Å². The van der Waals surface area contributed by atoms with Crippen LogP contribution < -0.4 is 9.47 Å². The van der Waals surface area contributed by atoms with E-state index in [1.165, 1.54) is 0 Å². The minimum atomic E-state index is -0.329. The average molecular weight is 496 g/mol. The van der Waals surface area contributed by atoms with Gasteiger partial charge in [-0.15, -0.1) is 0 Å². The van der Waals surface area contributed by atoms with Crippen molar-refractivity contribution in [2.24, 2.45) is 0 Å². The van der Waals surface area contributed by atoms with Gasteiger partial charge in [-0.1, -0.05) is 43.1 Å². The van der Waals surface area contributed by atoms with E-state index in [2.05, 4.69) is 17.1 Å². The molecule has 0 aliphatic carbocycles. The summed E-state index contributed by atoms with van der Waals surface area (Å²) in [4.78, 5) is 15.5. The van der Waals surface area contributed by atoms with E-state index in [9.17, 15) is 4.79 Å². The first-order chi connectivity index (χ1) is 17.1. The highest BCUT2D eigenvalue weighted by Crippen LogP contribution is 2.45. The summed E-state index contributed by atoms with van der Waals surface area (Å²) in [5.41, 5.74) is 3.95. The Morgan fingerprint density at radius 2 is 2.03 bits per heavy atom. The number of aromatic amines is 1. The molecule has 1 N–H and O–H groups in total. The van der Waals surface area contributed by atoms with Gasteiger partial charge in [-0.2, -0.15) is 5.10 Å². The number of rotatable bonds is 9. The van der Waals surface area contributed by atoms with Crippen molar-refractivity contribution >= 4 is 17.5 Å². The molecule has 184 valence electrons. The smallest absolute Gasteiger partial charge is 0.273 e. The lowest BCUT2D eigenvalue weighted by Crippen LogP contribution is -2.36. The first-order valence-corrected chi connectivity index (χ1v) is 12.6. The topological polar surface area (TPSA) is 76.7 Å². The van der Waals surface area contributed by atoms with Crippen LogP contribution in [0.1, 0.15) is 60.3 Å². The normalized spacial score (nSPS) is 19.3. The van der Waals surface area contributed by atoms with Crippen LogP contribution in [0, 0.1) is 0 Å². The second-order valence-corrected chi connectivity index (χ2v) is 9.41. The molecule has 7 nitrogen and oxygen atoms in total. The van der Waals surface area contributed by atoms with Gasteiger partial charge in [-0.05, 0) is 49.1 Å². The summed E-state index contributed by atoms with van der Waals surface area (Å²) in [6.07, 6.45) is 4.01. The SMILES string of the molecule is CCCCOc1ccc(C2c3c(-c4ccc(Cl)cc4)n[nH]c3C(=O)N2CC2CCCO2)cc1OC. The molecule has 1 fully saturated rings. The first-order valence-electron chi connectivity index (χ1n) is 12.2. The average Bonchev–Trinajstić information content (AvgIpc) is 3.60. The fourth-order valence-electron chi connectivity index (χ4n) is 4.87. The first kappa shape index (κ1) is 23.7. The van der Waals surface area contributed by atoms with Gasteiger partial charge in [-0.3, -0.25) is 9.89 Å². The van der Waals surface area contributed by atoms with Gasteiger partial charge in [0.25, 0.3) is 5.91 Å². The van der Waals surface area contributed by atoms with Crippen LogP contribution in [0.5, 0.6) is 11.5 Å². The van der Waals surface area contributed by atoms with E-state index in [0.717, 1.165) is 54.7 Å². The summed E-state index contributed by atoms with van der Waals surface area (Å²) >= 11 is 6.12. The van der Waals surface area contributed by atoms with Gasteiger partial charge in [-0.25, -0.2) is 0 Å². The molecule has 1 amide bonds. The third-order valence-electron chi connectivity index (χ3n) is 6.66. The lowest BCUT2D eigenvalue weighted by atomic mass is 9.95. The molecule has 0 saturated carbocycles. The number of carbonyl (C=O) groups excluding carboxylic acids is 1. The summed E-state index contributed by atoms with van der Waals surface area (Å²) in [6, 6.07) is 13.1. The van der Waals surface area contributed by atoms with E-state index in [4.69, 9.17) is 25.8 Å². The molecule has 2 atom stereocenters. The summed E-state index contributed by atoms with van der Waals surface area (Å²) in [5.74, 6) is 1.27. The van der Waals surface area contributed by atoms with Gasteiger partial charge in [0.1, 0.15) is 5.69 Å². The zero-order valence-electron chi connectivity index (χ0n) is 20.1. The van der Waals surface area contributed by atoms with Crippen molar-refractivity contribution in [3.63, 3.8) is 0 Å². The number of nitrogens with one attached hydrogen (secondary N) is 1. The number of ether oxygens (including phenoxy) is 3. The van der Waals surface area contributed by atoms with Crippen LogP contribution in [0.4, 0.5) is 0 Å². The van der Waals surface area contributed by atoms with Crippen LogP contribution in [0.15, 0.2) is 42.5 Å². The maximum atomic E-state index is 13.6. The fourth-order valence-corrected chi connectivity index (χ4v) is 4.99. The highest BCUT2D eigenvalue weighted by molar-refractivity contribution is 6.30. The lowest BCUT2D eigenvalue weighted by molar-refractivity contribution is 0.0495. The number of aromatic nitrogens is 2. The minimum absolute atomic E-state index is 0.0240. The Bertz CT molecular complexity index is 1190. The molecule has 0 spiro atoms. The number of amides is 1. The minimum Gasteiger partial charge on any atom is -0.493 e. The number of benzene rings is 2. The summed E-state index contributed by atoms with van der Waals surface area (Å²) < 4.78 is 17.5. The molecule has 2 unspecified atom stereocenters. The summed E-state index contributed by atoms with van der Waals surface area (Å²) in [7, 11) is 1.64. The molecule has 35 heavy (non-hydrogen) atoms. The molecule has 8 heteroatoms. The van der Waals surface area contributed by atoms with Gasteiger partial charge in [0, 0.05) is 29.3 Å². The van der Waals surface area contributed by atoms with E-state index in [1.807, 2.05) is 47.4 Å². The van der Waals surface area contributed by atoms with Crippen molar-refractivity contribution in [1.82, 2.24) is 15.1 Å². The number of nitrogens with zero attached hydrogens (tertiary/aromatic N) is 2. The van der Waals surface area contributed by atoms with Crippen LogP contribution in [0.3, 0.4) is 0 Å². The van der Waals surface area contributed by atoms with Crippen LogP contribution in [0.2, 0.25) is 5.02 Å². The molecular weight excluding hydrogens is 466 g/mol. The van der Waals surface area contributed by atoms with Crippen molar-refractivity contribution < 1.29 is 19.0 Å². The highest BCUT2D eigenvalue weighted by atomic mass is 35.5. The molecule has 3 heterocycles. The molecule has 2 aliphatic rings. The number of methoxy groups -OCH3 is 1. The zero-order valence-corrected chi connectivity index (χ0v) is 20.8. The van der Waals surface area contributed by atoms with Gasteiger partial charge < -0.3 is 19.1 Å². The Labute approximate surface area is 210 Å². The Morgan fingerprint density at radius 3 is 2.74 bits per heavy atom. The van der Waals surface area contributed by atoms with Crippen LogP contribution >= 0.6 is 11.6 Å². The van der Waals surface area contributed by atoms with Crippen molar-refractivity contribution in [2.45, 2.75) is 44.8 Å². The number of carbonyl (C=O) groups is 1. The molecule has 1 saturated heterocycles. The third kappa shape index (κ3) is 4.62. The van der Waals surface area contributed by atoms with Crippen LogP contribution in [-0.2, 0) is 4.74 Å². The van der Waals surface area contributed by atoms with Gasteiger partial charge in [0.15, 0.2) is 11.5 Å². The standard InChI is InChI=1S/C27H30ClN3O4/c1-3-4-13-35-21-12-9-18(15-22(21)33-2)26-23-24(17-7-10-19(28)11-8-17)29-30-25(23)27(32)31(26)16-20-6-5-14-34-20/h7-12,15,20,26H,3-6,13-14,16H2,1-2H3,(H,29,30). The van der Waals surface area contributed by atoms with E-state index < -0.39 is 0 Å². The number of hydrogen-bond acceptors (Lipinski definition) is 5. The molecular formula is C27H30ClN3O4. The maximum Gasteiger partial charge on any atom is 0.273 e. The van der Waals surface area contributed by atoms with Crippen LogP contribution in [-0.4, -0.2) is 54.0 Å². The third-order valence-corrected chi connectivity index (χ3v) is 6.92. The quantitative estimate of drug-likeness (QED) is 0.389. The molecule has 2 aromatic carbocycles. The van der Waals surface area contributed by atoms with Gasteiger partial charge >= 0.3 is 0 Å². The number of H-pyrrole nitrogens is 1. The Hall–Kier alpha value is -3.03. The predicted octanol–water partition coefficient (Wildman–Crippen LogP) is 5.64. The second kappa shape index (κ2) is 10.3. The Balaban J connectivity index is 1.57. The van der Waals surface area contributed by atoms with Crippen molar-refractivity contribution in [2.75, 3.05) is 26.9 Å². The van der Waals surface area contributed by atoms with E-state index in [1.54, 1.807) is 7.11 Å². The molecule has 0 radical (unpaired) electrons. The lowest BCUT2D eigenvalue weighted by Gasteiger charge is -2.29. The van der Waals surface area contributed by atoms with Crippen LogP contribution in [0.25, 0.3) is 11.3 Å². The largest absolute Gasteiger partial charge is 0.493 e. The second-order valence-electron chi connectivity index (χ2n) is 8.98. The molecule has 3 aromatic rings. The number of halogens is 1. The van der Waals surface area contributed by atoms with Gasteiger partial charge in [0.05, 0.1) is 31.6 Å². The van der Waals surface area contributed by atoms with E-state index in [-0.39, 0.29) is 18.1 Å². The molecule has 5 rings (SSSR count). The van der Waals surface area contributed by atoms with Crippen molar-refractivity contribution in [3.05, 3.63) is 64.3 Å². The van der Waals surface area contributed by atoms with Crippen molar-refractivity contribution in [3.8, 4) is 22.8 Å². The maximum absolute atomic E-state index is 13.6. The Morgan fingerprint density at radius 1 is 1.20 bits per heavy atom. The number of unbranched alkanes of at least 4 members (excludes halogenated alkanes) is 1. The molecule has 2 aliphatic heterocycles. The monoisotopic (exact) mass is 495 g/mol. The van der Waals surface area contributed by atoms with E-state index in [0.29, 0.717) is 35.4 Å². The summed E-state index contributed by atoms with van der Waals surface area (Å²) in [6.45, 7) is 4.01. The number of hydrogen-bond donors (Lipinski definition) is 1. The van der Waals surface area contributed by atoms with Gasteiger partial charge in [0.2, 0.25) is 0 Å². The fraction of sp³-hybridized carbons (Fsp3) is 0.407. The summed E-state index contributed by atoms with van der Waals surface area (Å²) in [5, 5.41) is 8.19. The Kier molecular flexibility index (Phi) is 6.97. The van der Waals surface area contributed by atoms with E-state index >= 15 is 0 Å². The zero-order chi connectivity index (χ0) is 24.4. The number of fused-ring (bicyclic) bond motifs is 1. The predicted molar refractivity (Wildman–Crippen MR) is 134 cm³/mol. The highest BCUT2D eigenvalue weighted by Gasteiger charge is 2.43.